The molecule has 1 heterocycles. The average molecular weight is 356 g/mol. The van der Waals surface area contributed by atoms with Gasteiger partial charge in [-0.25, -0.2) is 0 Å². The Labute approximate surface area is 152 Å². The summed E-state index contributed by atoms with van der Waals surface area (Å²) in [6, 6.07) is 9.72. The minimum absolute atomic E-state index is 0.0180. The summed E-state index contributed by atoms with van der Waals surface area (Å²) in [5.41, 5.74) is 3.20. The fourth-order valence-corrected chi connectivity index (χ4v) is 4.34. The maximum Gasteiger partial charge on any atom is 0.261 e. The first-order chi connectivity index (χ1) is 12.1. The molecule has 25 heavy (non-hydrogen) atoms. The topological polar surface area (TPSA) is 58.2 Å². The van der Waals surface area contributed by atoms with Crippen LogP contribution in [0.25, 0.3) is 0 Å². The van der Waals surface area contributed by atoms with Gasteiger partial charge in [0.25, 0.3) is 5.91 Å². The number of carbonyl (C=O) groups excluding carboxylic acids is 2. The van der Waals surface area contributed by atoms with Gasteiger partial charge in [-0.3, -0.25) is 9.59 Å². The van der Waals surface area contributed by atoms with Crippen LogP contribution in [0.4, 0.5) is 5.69 Å². The normalized spacial score (nSPS) is 16.2. The minimum atomic E-state index is -0.204. The Hall–Kier alpha value is -2.14. The van der Waals surface area contributed by atoms with Gasteiger partial charge < -0.3 is 10.6 Å². The van der Waals surface area contributed by atoms with Gasteiger partial charge in [-0.15, -0.1) is 11.3 Å². The molecule has 2 N–H and O–H groups in total. The number of thiophene rings is 1. The fraction of sp³-hybridized carbons (Fsp3) is 0.400. The van der Waals surface area contributed by atoms with Crippen LogP contribution < -0.4 is 10.6 Å². The average Bonchev–Trinajstić information content (AvgIpc) is 3.03. The van der Waals surface area contributed by atoms with Crippen LogP contribution in [0.15, 0.2) is 30.3 Å². The van der Waals surface area contributed by atoms with E-state index >= 15 is 0 Å². The van der Waals surface area contributed by atoms with E-state index < -0.39 is 0 Å². The molecule has 2 aromatic rings. The standard InChI is InChI=1S/C20H24N2O2S/c1-3-14-6-4-5-7-16(14)22-19(23)12-21-20(24)18-11-15-10-13(2)8-9-17(15)25-18/h4-7,11,13H,3,8-10,12H2,1-2H3,(H,21,24)(H,22,23). The Morgan fingerprint density at radius 2 is 2.08 bits per heavy atom. The van der Waals surface area contributed by atoms with Gasteiger partial charge in [-0.05, 0) is 54.9 Å². The minimum Gasteiger partial charge on any atom is -0.342 e. The molecule has 0 fully saturated rings. The summed E-state index contributed by atoms with van der Waals surface area (Å²) in [6.07, 6.45) is 4.14. The number of para-hydroxylation sites is 1. The van der Waals surface area contributed by atoms with Gasteiger partial charge in [-0.2, -0.15) is 0 Å². The van der Waals surface area contributed by atoms with Crippen LogP contribution in [-0.4, -0.2) is 18.4 Å². The van der Waals surface area contributed by atoms with Crippen molar-refractivity contribution in [3.05, 3.63) is 51.2 Å². The van der Waals surface area contributed by atoms with E-state index in [1.807, 2.05) is 37.3 Å². The number of aryl methyl sites for hydroxylation is 2. The van der Waals surface area contributed by atoms with Gasteiger partial charge in [0.2, 0.25) is 5.91 Å². The third-order valence-corrected chi connectivity index (χ3v) is 5.87. The molecule has 0 spiro atoms. The van der Waals surface area contributed by atoms with Gasteiger partial charge >= 0.3 is 0 Å². The highest BCUT2D eigenvalue weighted by Gasteiger charge is 2.20. The molecule has 0 saturated heterocycles. The van der Waals surface area contributed by atoms with Crippen molar-refractivity contribution in [2.75, 3.05) is 11.9 Å². The number of amides is 2. The summed E-state index contributed by atoms with van der Waals surface area (Å²) >= 11 is 1.56. The number of hydrogen-bond donors (Lipinski definition) is 2. The number of anilines is 1. The summed E-state index contributed by atoms with van der Waals surface area (Å²) in [6.45, 7) is 4.28. The molecule has 1 aliphatic rings. The second-order valence-electron chi connectivity index (χ2n) is 6.65. The van der Waals surface area contributed by atoms with E-state index in [2.05, 4.69) is 17.6 Å². The molecule has 0 saturated carbocycles. The maximum atomic E-state index is 12.3. The zero-order chi connectivity index (χ0) is 17.8. The molecule has 132 valence electrons. The molecule has 2 amide bonds. The monoisotopic (exact) mass is 356 g/mol. The predicted octanol–water partition coefficient (Wildman–Crippen LogP) is 3.80. The van der Waals surface area contributed by atoms with Crippen molar-refractivity contribution in [3.63, 3.8) is 0 Å². The predicted molar refractivity (Wildman–Crippen MR) is 102 cm³/mol. The van der Waals surface area contributed by atoms with Gasteiger partial charge in [0.15, 0.2) is 0 Å². The second kappa shape index (κ2) is 7.83. The van der Waals surface area contributed by atoms with Crippen molar-refractivity contribution in [2.45, 2.75) is 39.5 Å². The molecule has 1 aromatic carbocycles. The Balaban J connectivity index is 1.56. The number of rotatable bonds is 5. The molecule has 3 rings (SSSR count). The smallest absolute Gasteiger partial charge is 0.261 e. The van der Waals surface area contributed by atoms with Gasteiger partial charge in [0, 0.05) is 10.6 Å². The van der Waals surface area contributed by atoms with Crippen LogP contribution in [0, 0.1) is 5.92 Å². The lowest BCUT2D eigenvalue weighted by molar-refractivity contribution is -0.115. The van der Waals surface area contributed by atoms with E-state index in [0.29, 0.717) is 10.8 Å². The largest absolute Gasteiger partial charge is 0.342 e. The highest BCUT2D eigenvalue weighted by atomic mass is 32.1. The van der Waals surface area contributed by atoms with Crippen LogP contribution >= 0.6 is 11.3 Å². The highest BCUT2D eigenvalue weighted by molar-refractivity contribution is 7.14. The highest BCUT2D eigenvalue weighted by Crippen LogP contribution is 2.32. The van der Waals surface area contributed by atoms with Crippen LogP contribution in [0.2, 0.25) is 0 Å². The first-order valence-corrected chi connectivity index (χ1v) is 9.66. The van der Waals surface area contributed by atoms with Gasteiger partial charge in [0.1, 0.15) is 0 Å². The lowest BCUT2D eigenvalue weighted by Crippen LogP contribution is -2.32. The van der Waals surface area contributed by atoms with E-state index in [9.17, 15) is 9.59 Å². The Bertz CT molecular complexity index is 782. The van der Waals surface area contributed by atoms with Crippen LogP contribution in [0.3, 0.4) is 0 Å². The SMILES string of the molecule is CCc1ccccc1NC(=O)CNC(=O)c1cc2c(s1)CCC(C)C2. The van der Waals surface area contributed by atoms with E-state index in [-0.39, 0.29) is 18.4 Å². The van der Waals surface area contributed by atoms with E-state index in [1.165, 1.54) is 16.9 Å². The van der Waals surface area contributed by atoms with Crippen molar-refractivity contribution >= 4 is 28.8 Å². The quantitative estimate of drug-likeness (QED) is 0.856. The lowest BCUT2D eigenvalue weighted by Gasteiger charge is -2.16. The first kappa shape index (κ1) is 17.7. The molecule has 0 bridgehead atoms. The van der Waals surface area contributed by atoms with Crippen LogP contribution in [0.1, 0.15) is 45.9 Å². The summed E-state index contributed by atoms with van der Waals surface area (Å²) in [7, 11) is 0. The van der Waals surface area contributed by atoms with Crippen molar-refractivity contribution in [1.82, 2.24) is 5.32 Å². The summed E-state index contributed by atoms with van der Waals surface area (Å²) in [5.74, 6) is 0.317. The first-order valence-electron chi connectivity index (χ1n) is 8.84. The second-order valence-corrected chi connectivity index (χ2v) is 7.79. The third kappa shape index (κ3) is 4.28. The zero-order valence-corrected chi connectivity index (χ0v) is 15.5. The number of hydrogen-bond acceptors (Lipinski definition) is 3. The number of carbonyl (C=O) groups is 2. The Morgan fingerprint density at radius 3 is 2.88 bits per heavy atom. The van der Waals surface area contributed by atoms with Crippen molar-refractivity contribution < 1.29 is 9.59 Å². The summed E-state index contributed by atoms with van der Waals surface area (Å²) in [4.78, 5) is 26.5. The molecule has 5 heteroatoms. The lowest BCUT2D eigenvalue weighted by atomic mass is 9.90. The summed E-state index contributed by atoms with van der Waals surface area (Å²) in [5, 5.41) is 5.61. The molecular weight excluding hydrogens is 332 g/mol. The summed E-state index contributed by atoms with van der Waals surface area (Å²) < 4.78 is 0. The van der Waals surface area contributed by atoms with Gasteiger partial charge in [-0.1, -0.05) is 32.0 Å². The zero-order valence-electron chi connectivity index (χ0n) is 14.7. The molecule has 4 nitrogen and oxygen atoms in total. The molecule has 1 unspecified atom stereocenters. The Morgan fingerprint density at radius 1 is 1.28 bits per heavy atom. The van der Waals surface area contributed by atoms with Gasteiger partial charge in [0.05, 0.1) is 11.4 Å². The van der Waals surface area contributed by atoms with Crippen LogP contribution in [-0.2, 0) is 24.1 Å². The van der Waals surface area contributed by atoms with E-state index in [1.54, 1.807) is 11.3 Å². The van der Waals surface area contributed by atoms with E-state index in [0.717, 1.165) is 30.5 Å². The molecule has 1 aromatic heterocycles. The molecule has 0 aliphatic heterocycles. The maximum absolute atomic E-state index is 12.3. The molecule has 1 atom stereocenters. The molecular formula is C20H24N2O2S. The Kier molecular flexibility index (Phi) is 5.53. The number of nitrogens with one attached hydrogen (secondary N) is 2. The molecule has 1 aliphatic carbocycles. The van der Waals surface area contributed by atoms with Crippen molar-refractivity contribution in [2.24, 2.45) is 5.92 Å². The number of benzene rings is 1. The van der Waals surface area contributed by atoms with Crippen LogP contribution in [0.5, 0.6) is 0 Å². The molecule has 0 radical (unpaired) electrons. The van der Waals surface area contributed by atoms with Crippen molar-refractivity contribution in [1.29, 1.82) is 0 Å². The number of fused-ring (bicyclic) bond motifs is 1. The fourth-order valence-electron chi connectivity index (χ4n) is 3.21. The van der Waals surface area contributed by atoms with E-state index in [4.69, 9.17) is 0 Å². The third-order valence-electron chi connectivity index (χ3n) is 4.63. The van der Waals surface area contributed by atoms with Crippen molar-refractivity contribution in [3.8, 4) is 0 Å².